The summed E-state index contributed by atoms with van der Waals surface area (Å²) in [5.41, 5.74) is 1.47. The zero-order valence-electron chi connectivity index (χ0n) is 16.3. The van der Waals surface area contributed by atoms with E-state index in [1.165, 1.54) is 6.07 Å². The van der Waals surface area contributed by atoms with Gasteiger partial charge >= 0.3 is 0 Å². The van der Waals surface area contributed by atoms with Gasteiger partial charge in [0.05, 0.1) is 12.6 Å². The van der Waals surface area contributed by atoms with Gasteiger partial charge in [-0.2, -0.15) is 4.98 Å². The molecule has 0 radical (unpaired) electrons. The van der Waals surface area contributed by atoms with Crippen LogP contribution in [-0.4, -0.2) is 46.8 Å². The molecule has 0 saturated carbocycles. The minimum absolute atomic E-state index is 0.00111. The molecule has 0 spiro atoms. The maximum Gasteiger partial charge on any atom is 0.244 e. The summed E-state index contributed by atoms with van der Waals surface area (Å²) >= 11 is 0. The quantitative estimate of drug-likeness (QED) is 0.581. The minimum atomic E-state index is -0.186. The number of benzene rings is 1. The van der Waals surface area contributed by atoms with Crippen molar-refractivity contribution in [3.8, 4) is 11.4 Å². The summed E-state index contributed by atoms with van der Waals surface area (Å²) in [6.45, 7) is 2.70. The second-order valence-electron chi connectivity index (χ2n) is 7.03. The average molecular weight is 397 g/mol. The van der Waals surface area contributed by atoms with E-state index in [-0.39, 0.29) is 11.9 Å². The van der Waals surface area contributed by atoms with E-state index in [0.29, 0.717) is 37.0 Å². The van der Waals surface area contributed by atoms with Crippen LogP contribution in [0.25, 0.3) is 11.4 Å². The number of rotatable bonds is 8. The lowest BCUT2D eigenvalue weighted by Gasteiger charge is -2.21. The highest BCUT2D eigenvalue weighted by Gasteiger charge is 2.31. The van der Waals surface area contributed by atoms with Crippen molar-refractivity contribution in [3.05, 3.63) is 59.9 Å². The highest BCUT2D eigenvalue weighted by atomic mass is 19.1. The molecule has 8 heteroatoms. The van der Waals surface area contributed by atoms with Crippen molar-refractivity contribution in [2.75, 3.05) is 32.1 Å². The molecule has 0 amide bonds. The highest BCUT2D eigenvalue weighted by molar-refractivity contribution is 5.55. The molecule has 1 aliphatic rings. The van der Waals surface area contributed by atoms with Crippen molar-refractivity contribution in [1.29, 1.82) is 0 Å². The molecule has 1 atom stereocenters. The number of nitrogens with zero attached hydrogens (tertiary/aromatic N) is 4. The van der Waals surface area contributed by atoms with E-state index in [1.807, 2.05) is 24.3 Å². The van der Waals surface area contributed by atoms with Gasteiger partial charge in [0.15, 0.2) is 0 Å². The van der Waals surface area contributed by atoms with Crippen molar-refractivity contribution in [2.24, 2.45) is 0 Å². The maximum atomic E-state index is 14.0. The van der Waals surface area contributed by atoms with Crippen LogP contribution in [0.15, 0.2) is 47.1 Å². The molecule has 3 aromatic rings. The summed E-state index contributed by atoms with van der Waals surface area (Å²) in [4.78, 5) is 11.2. The third-order valence-electron chi connectivity index (χ3n) is 5.06. The van der Waals surface area contributed by atoms with Crippen LogP contribution in [0.1, 0.15) is 30.3 Å². The molecule has 1 aliphatic heterocycles. The van der Waals surface area contributed by atoms with Crippen LogP contribution in [0.3, 0.4) is 0 Å². The number of hydrogen-bond donors (Lipinski definition) is 1. The van der Waals surface area contributed by atoms with Gasteiger partial charge in [-0.15, -0.1) is 0 Å². The first-order valence-electron chi connectivity index (χ1n) is 9.75. The fourth-order valence-corrected chi connectivity index (χ4v) is 3.54. The van der Waals surface area contributed by atoms with Crippen molar-refractivity contribution in [2.45, 2.75) is 25.4 Å². The molecular weight excluding hydrogens is 373 g/mol. The normalized spacial score (nSPS) is 17.0. The molecule has 1 saturated heterocycles. The van der Waals surface area contributed by atoms with Gasteiger partial charge in [-0.1, -0.05) is 23.4 Å². The molecule has 152 valence electrons. The van der Waals surface area contributed by atoms with Gasteiger partial charge in [0, 0.05) is 37.5 Å². The minimum Gasteiger partial charge on any atom is -0.383 e. The lowest BCUT2D eigenvalue weighted by molar-refractivity contribution is 0.199. The zero-order chi connectivity index (χ0) is 20.1. The van der Waals surface area contributed by atoms with Crippen LogP contribution < -0.4 is 5.32 Å². The Labute approximate surface area is 168 Å². The predicted molar refractivity (Wildman–Crippen MR) is 107 cm³/mol. The maximum absolute atomic E-state index is 14.0. The Kier molecular flexibility index (Phi) is 6.12. The molecule has 7 nitrogen and oxygen atoms in total. The van der Waals surface area contributed by atoms with E-state index in [0.717, 1.165) is 30.8 Å². The lowest BCUT2D eigenvalue weighted by atomic mass is 10.1. The van der Waals surface area contributed by atoms with Crippen LogP contribution in [0.5, 0.6) is 0 Å². The van der Waals surface area contributed by atoms with Crippen LogP contribution >= 0.6 is 0 Å². The summed E-state index contributed by atoms with van der Waals surface area (Å²) in [6.07, 6.45) is 3.65. The van der Waals surface area contributed by atoms with Crippen molar-refractivity contribution in [1.82, 2.24) is 20.0 Å². The van der Waals surface area contributed by atoms with E-state index in [9.17, 15) is 4.39 Å². The number of methoxy groups -OCH3 is 1. The fraction of sp³-hybridized carbons (Fsp3) is 0.381. The number of anilines is 1. The number of hydrogen-bond acceptors (Lipinski definition) is 7. The van der Waals surface area contributed by atoms with Crippen LogP contribution in [0.4, 0.5) is 10.2 Å². The molecule has 4 rings (SSSR count). The second kappa shape index (κ2) is 9.11. The van der Waals surface area contributed by atoms with E-state index >= 15 is 0 Å². The Morgan fingerprint density at radius 3 is 2.97 bits per heavy atom. The molecule has 0 bridgehead atoms. The molecule has 3 heterocycles. The highest BCUT2D eigenvalue weighted by Crippen LogP contribution is 2.33. The molecule has 29 heavy (non-hydrogen) atoms. The summed E-state index contributed by atoms with van der Waals surface area (Å²) < 4.78 is 24.6. The van der Waals surface area contributed by atoms with Gasteiger partial charge in [-0.05, 0) is 37.6 Å². The molecule has 1 unspecified atom stereocenters. The smallest absolute Gasteiger partial charge is 0.244 e. The monoisotopic (exact) mass is 397 g/mol. The SMILES string of the molecule is COCCNc1ccc(-c2noc(C3CCCN3Cc3ccccc3F)n2)cn1. The summed E-state index contributed by atoms with van der Waals surface area (Å²) in [5, 5.41) is 7.30. The van der Waals surface area contributed by atoms with E-state index in [2.05, 4.69) is 25.3 Å². The topological polar surface area (TPSA) is 76.3 Å². The number of aromatic nitrogens is 3. The molecular formula is C21H24FN5O2. The first kappa shape index (κ1) is 19.5. The van der Waals surface area contributed by atoms with Gasteiger partial charge < -0.3 is 14.6 Å². The third-order valence-corrected chi connectivity index (χ3v) is 5.06. The van der Waals surface area contributed by atoms with Gasteiger partial charge in [0.25, 0.3) is 0 Å². The van der Waals surface area contributed by atoms with Crippen LogP contribution in [-0.2, 0) is 11.3 Å². The molecule has 1 fully saturated rings. The van der Waals surface area contributed by atoms with Crippen molar-refractivity contribution in [3.63, 3.8) is 0 Å². The molecule has 2 aromatic heterocycles. The number of likely N-dealkylation sites (tertiary alicyclic amines) is 1. The standard InChI is InChI=1S/C21H24FN5O2/c1-28-12-10-23-19-9-8-15(13-24-19)20-25-21(29-26-20)18-7-4-11-27(18)14-16-5-2-3-6-17(16)22/h2-3,5-6,8-9,13,18H,4,7,10-12,14H2,1H3,(H,23,24). The van der Waals surface area contributed by atoms with Crippen LogP contribution in [0.2, 0.25) is 0 Å². The summed E-state index contributed by atoms with van der Waals surface area (Å²) in [6, 6.07) is 10.7. The average Bonchev–Trinajstić information content (AvgIpc) is 3.40. The summed E-state index contributed by atoms with van der Waals surface area (Å²) in [5.74, 6) is 1.65. The number of nitrogens with one attached hydrogen (secondary N) is 1. The van der Waals surface area contributed by atoms with Gasteiger partial charge in [0.1, 0.15) is 11.6 Å². The molecule has 1 aromatic carbocycles. The zero-order valence-corrected chi connectivity index (χ0v) is 16.3. The number of pyridine rings is 1. The second-order valence-corrected chi connectivity index (χ2v) is 7.03. The van der Waals surface area contributed by atoms with Crippen molar-refractivity contribution >= 4 is 5.82 Å². The Hall–Kier alpha value is -2.84. The Morgan fingerprint density at radius 2 is 2.17 bits per heavy atom. The molecule has 0 aliphatic carbocycles. The lowest BCUT2D eigenvalue weighted by Crippen LogP contribution is -2.23. The van der Waals surface area contributed by atoms with Gasteiger partial charge in [0.2, 0.25) is 11.7 Å². The van der Waals surface area contributed by atoms with Gasteiger partial charge in [-0.3, -0.25) is 4.90 Å². The van der Waals surface area contributed by atoms with Gasteiger partial charge in [-0.25, -0.2) is 9.37 Å². The third kappa shape index (κ3) is 4.60. The summed E-state index contributed by atoms with van der Waals surface area (Å²) in [7, 11) is 1.66. The van der Waals surface area contributed by atoms with E-state index < -0.39 is 0 Å². The Bertz CT molecular complexity index is 931. The predicted octanol–water partition coefficient (Wildman–Crippen LogP) is 3.67. The van der Waals surface area contributed by atoms with Crippen molar-refractivity contribution < 1.29 is 13.7 Å². The largest absolute Gasteiger partial charge is 0.383 e. The van der Waals surface area contributed by atoms with E-state index in [1.54, 1.807) is 19.4 Å². The molecule has 1 N–H and O–H groups in total. The number of ether oxygens (including phenoxy) is 1. The fourth-order valence-electron chi connectivity index (χ4n) is 3.54. The number of halogens is 1. The van der Waals surface area contributed by atoms with Crippen LogP contribution in [0, 0.1) is 5.82 Å². The Morgan fingerprint density at radius 1 is 1.28 bits per heavy atom. The first-order valence-corrected chi connectivity index (χ1v) is 9.75. The Balaban J connectivity index is 1.44. The van der Waals surface area contributed by atoms with E-state index in [4.69, 9.17) is 9.26 Å². The first-order chi connectivity index (χ1) is 14.2.